The molecule has 0 heterocycles. The molecular formula is C12H12ClF3N2O2. The number of alkyl halides is 3. The van der Waals surface area contributed by atoms with E-state index in [1.807, 2.05) is 0 Å². The van der Waals surface area contributed by atoms with Crippen LogP contribution in [0.15, 0.2) is 18.2 Å². The van der Waals surface area contributed by atoms with Crippen LogP contribution in [0.1, 0.15) is 12.5 Å². The number of nitrogens with zero attached hydrogens (tertiary/aromatic N) is 1. The number of hydrogen-bond acceptors (Lipinski definition) is 2. The molecule has 1 aromatic carbocycles. The molecule has 0 aliphatic rings. The van der Waals surface area contributed by atoms with E-state index in [-0.39, 0.29) is 18.1 Å². The van der Waals surface area contributed by atoms with Crippen molar-refractivity contribution in [2.24, 2.45) is 0 Å². The zero-order valence-corrected chi connectivity index (χ0v) is 11.5. The summed E-state index contributed by atoms with van der Waals surface area (Å²) >= 11 is 5.46. The number of anilines is 1. The summed E-state index contributed by atoms with van der Waals surface area (Å²) in [4.78, 5) is 23.6. The quantitative estimate of drug-likeness (QED) is 0.933. The first-order chi connectivity index (χ1) is 9.11. The lowest BCUT2D eigenvalue weighted by Crippen LogP contribution is -2.33. The molecular weight excluding hydrogens is 297 g/mol. The van der Waals surface area contributed by atoms with Gasteiger partial charge in [-0.3, -0.25) is 9.59 Å². The molecule has 4 nitrogen and oxygen atoms in total. The van der Waals surface area contributed by atoms with E-state index in [1.54, 1.807) is 0 Å². The van der Waals surface area contributed by atoms with Gasteiger partial charge in [-0.2, -0.15) is 13.2 Å². The van der Waals surface area contributed by atoms with Crippen LogP contribution in [-0.2, 0) is 15.8 Å². The Balaban J connectivity index is 2.84. The maximum atomic E-state index is 12.6. The Labute approximate surface area is 118 Å². The van der Waals surface area contributed by atoms with Crippen molar-refractivity contribution in [2.45, 2.75) is 13.1 Å². The number of amides is 2. The second-order valence-corrected chi connectivity index (χ2v) is 4.52. The van der Waals surface area contributed by atoms with E-state index in [0.717, 1.165) is 17.0 Å². The first-order valence-electron chi connectivity index (χ1n) is 5.49. The van der Waals surface area contributed by atoms with Crippen molar-refractivity contribution in [3.05, 3.63) is 28.8 Å². The van der Waals surface area contributed by atoms with Crippen molar-refractivity contribution in [1.82, 2.24) is 4.90 Å². The number of halogens is 4. The molecule has 110 valence electrons. The molecule has 20 heavy (non-hydrogen) atoms. The van der Waals surface area contributed by atoms with Gasteiger partial charge in [-0.15, -0.1) is 0 Å². The van der Waals surface area contributed by atoms with Gasteiger partial charge in [-0.25, -0.2) is 0 Å². The lowest BCUT2D eigenvalue weighted by molar-refractivity contribution is -0.137. The van der Waals surface area contributed by atoms with Crippen LogP contribution in [0.2, 0.25) is 5.02 Å². The second-order valence-electron chi connectivity index (χ2n) is 4.12. The maximum absolute atomic E-state index is 12.6. The largest absolute Gasteiger partial charge is 0.417 e. The van der Waals surface area contributed by atoms with E-state index < -0.39 is 22.7 Å². The van der Waals surface area contributed by atoms with Gasteiger partial charge in [0.15, 0.2) is 0 Å². The Morgan fingerprint density at radius 2 is 1.95 bits per heavy atom. The molecule has 0 spiro atoms. The first-order valence-corrected chi connectivity index (χ1v) is 5.87. The Hall–Kier alpha value is -1.76. The summed E-state index contributed by atoms with van der Waals surface area (Å²) in [5.41, 5.74) is -1.07. The molecule has 0 aliphatic carbocycles. The summed E-state index contributed by atoms with van der Waals surface area (Å²) in [5, 5.41) is 1.83. The second kappa shape index (κ2) is 6.13. The van der Waals surface area contributed by atoms with Gasteiger partial charge < -0.3 is 10.2 Å². The van der Waals surface area contributed by atoms with Crippen LogP contribution in [0.5, 0.6) is 0 Å². The van der Waals surface area contributed by atoms with Gasteiger partial charge in [0, 0.05) is 19.7 Å². The highest BCUT2D eigenvalue weighted by molar-refractivity contribution is 6.31. The molecule has 0 bridgehead atoms. The highest BCUT2D eigenvalue weighted by Gasteiger charge is 2.33. The van der Waals surface area contributed by atoms with Crippen LogP contribution in [0, 0.1) is 0 Å². The number of rotatable bonds is 3. The van der Waals surface area contributed by atoms with Gasteiger partial charge in [0.1, 0.15) is 0 Å². The summed E-state index contributed by atoms with van der Waals surface area (Å²) in [6.07, 6.45) is -4.60. The summed E-state index contributed by atoms with van der Waals surface area (Å²) in [5.74, 6) is -0.926. The first kappa shape index (κ1) is 16.3. The van der Waals surface area contributed by atoms with E-state index >= 15 is 0 Å². The van der Waals surface area contributed by atoms with Crippen LogP contribution in [-0.4, -0.2) is 30.3 Å². The monoisotopic (exact) mass is 308 g/mol. The van der Waals surface area contributed by atoms with Crippen LogP contribution < -0.4 is 5.32 Å². The summed E-state index contributed by atoms with van der Waals surface area (Å²) in [7, 11) is 1.41. The van der Waals surface area contributed by atoms with Crippen molar-refractivity contribution in [1.29, 1.82) is 0 Å². The SMILES string of the molecule is CC(=O)N(C)CC(=O)Nc1ccc(Cl)c(C(F)(F)F)c1. The minimum atomic E-state index is -4.60. The van der Waals surface area contributed by atoms with Crippen molar-refractivity contribution < 1.29 is 22.8 Å². The molecule has 0 radical (unpaired) electrons. The minimum Gasteiger partial charge on any atom is -0.337 e. The molecule has 0 saturated heterocycles. The van der Waals surface area contributed by atoms with Gasteiger partial charge in [0.25, 0.3) is 0 Å². The van der Waals surface area contributed by atoms with E-state index in [9.17, 15) is 22.8 Å². The van der Waals surface area contributed by atoms with Crippen molar-refractivity contribution >= 4 is 29.1 Å². The topological polar surface area (TPSA) is 49.4 Å². The van der Waals surface area contributed by atoms with E-state index in [2.05, 4.69) is 5.32 Å². The fourth-order valence-electron chi connectivity index (χ4n) is 1.35. The predicted octanol–water partition coefficient (Wildman–Crippen LogP) is 2.78. The van der Waals surface area contributed by atoms with Gasteiger partial charge in [0.05, 0.1) is 17.1 Å². The zero-order valence-electron chi connectivity index (χ0n) is 10.7. The van der Waals surface area contributed by atoms with Gasteiger partial charge >= 0.3 is 6.18 Å². The summed E-state index contributed by atoms with van der Waals surface area (Å²) in [6, 6.07) is 3.05. The van der Waals surface area contributed by atoms with Crippen molar-refractivity contribution in [3.63, 3.8) is 0 Å². The van der Waals surface area contributed by atoms with Crippen LogP contribution in [0.25, 0.3) is 0 Å². The Morgan fingerprint density at radius 1 is 1.35 bits per heavy atom. The third-order valence-electron chi connectivity index (χ3n) is 2.47. The third-order valence-corrected chi connectivity index (χ3v) is 2.80. The lowest BCUT2D eigenvalue weighted by atomic mass is 10.2. The van der Waals surface area contributed by atoms with E-state index in [1.165, 1.54) is 20.0 Å². The Morgan fingerprint density at radius 3 is 2.45 bits per heavy atom. The molecule has 0 aromatic heterocycles. The molecule has 2 amide bonds. The van der Waals surface area contributed by atoms with Crippen LogP contribution in [0.3, 0.4) is 0 Å². The van der Waals surface area contributed by atoms with Gasteiger partial charge in [-0.05, 0) is 18.2 Å². The highest BCUT2D eigenvalue weighted by Crippen LogP contribution is 2.36. The summed E-state index contributed by atoms with van der Waals surface area (Å²) in [6.45, 7) is 1.02. The van der Waals surface area contributed by atoms with Crippen LogP contribution in [0.4, 0.5) is 18.9 Å². The van der Waals surface area contributed by atoms with Crippen LogP contribution >= 0.6 is 11.6 Å². The number of benzene rings is 1. The smallest absolute Gasteiger partial charge is 0.337 e. The molecule has 0 aliphatic heterocycles. The lowest BCUT2D eigenvalue weighted by Gasteiger charge is -2.15. The number of carbonyl (C=O) groups excluding carboxylic acids is 2. The normalized spacial score (nSPS) is 11.1. The molecule has 0 atom stereocenters. The number of likely N-dealkylation sites (N-methyl/N-ethyl adjacent to an activating group) is 1. The molecule has 0 unspecified atom stereocenters. The third kappa shape index (κ3) is 4.41. The van der Waals surface area contributed by atoms with Gasteiger partial charge in [0.2, 0.25) is 11.8 Å². The molecule has 1 rings (SSSR count). The summed E-state index contributed by atoms with van der Waals surface area (Å²) < 4.78 is 37.9. The molecule has 8 heteroatoms. The highest BCUT2D eigenvalue weighted by atomic mass is 35.5. The molecule has 1 aromatic rings. The molecule has 0 saturated carbocycles. The average Bonchev–Trinajstić information content (AvgIpc) is 2.29. The van der Waals surface area contributed by atoms with Crippen molar-refractivity contribution in [2.75, 3.05) is 18.9 Å². The van der Waals surface area contributed by atoms with Crippen molar-refractivity contribution in [3.8, 4) is 0 Å². The minimum absolute atomic E-state index is 0.0383. The van der Waals surface area contributed by atoms with E-state index in [4.69, 9.17) is 11.6 Å². The van der Waals surface area contributed by atoms with Gasteiger partial charge in [-0.1, -0.05) is 11.6 Å². The number of carbonyl (C=O) groups is 2. The Kier molecular flexibility index (Phi) is 4.99. The fourth-order valence-corrected chi connectivity index (χ4v) is 1.57. The predicted molar refractivity (Wildman–Crippen MR) is 68.4 cm³/mol. The molecule has 0 fully saturated rings. The molecule has 1 N–H and O–H groups in total. The average molecular weight is 309 g/mol. The standard InChI is InChI=1S/C12H12ClF3N2O2/c1-7(19)18(2)6-11(20)17-8-3-4-10(13)9(5-8)12(14,15)16/h3-5H,6H2,1-2H3,(H,17,20). The maximum Gasteiger partial charge on any atom is 0.417 e. The number of nitrogens with one attached hydrogen (secondary N) is 1. The zero-order chi connectivity index (χ0) is 15.5. The fraction of sp³-hybridized carbons (Fsp3) is 0.333. The Bertz CT molecular complexity index is 532. The van der Waals surface area contributed by atoms with E-state index in [0.29, 0.717) is 0 Å². The number of hydrogen-bond donors (Lipinski definition) is 1.